The van der Waals surface area contributed by atoms with Crippen LogP contribution in [0.2, 0.25) is 0 Å². The smallest absolute Gasteiger partial charge is 0.351 e. The lowest BCUT2D eigenvalue weighted by Crippen LogP contribution is -2.55. The van der Waals surface area contributed by atoms with Crippen LogP contribution in [-0.4, -0.2) is 36.2 Å². The topological polar surface area (TPSA) is 66.8 Å². The number of aliphatic hydroxyl groups excluding tert-OH is 1. The number of halogens is 4. The first-order chi connectivity index (χ1) is 12.6. The molecule has 2 rings (SSSR count). The van der Waals surface area contributed by atoms with E-state index in [0.717, 1.165) is 4.90 Å². The van der Waals surface area contributed by atoms with Crippen LogP contribution in [0.4, 0.5) is 23.2 Å². The van der Waals surface area contributed by atoms with Gasteiger partial charge in [-0.25, -0.2) is 27.2 Å². The zero-order valence-electron chi connectivity index (χ0n) is 14.9. The second-order valence-electron chi connectivity index (χ2n) is 6.41. The van der Waals surface area contributed by atoms with Crippen molar-refractivity contribution in [2.24, 2.45) is 0 Å². The van der Waals surface area contributed by atoms with Crippen LogP contribution in [0.15, 0.2) is 12.2 Å². The molecule has 0 aromatic heterocycles. The van der Waals surface area contributed by atoms with Gasteiger partial charge in [0, 0.05) is 12.6 Å². The zero-order chi connectivity index (χ0) is 20.5. The van der Waals surface area contributed by atoms with E-state index in [1.165, 1.54) is 7.05 Å². The van der Waals surface area contributed by atoms with Crippen molar-refractivity contribution in [3.63, 3.8) is 0 Å². The van der Waals surface area contributed by atoms with E-state index < -0.39 is 58.6 Å². The Balaban J connectivity index is 2.60. The Kier molecular flexibility index (Phi) is 5.94. The Morgan fingerprint density at radius 3 is 2.15 bits per heavy atom. The highest BCUT2D eigenvalue weighted by Gasteiger charge is 2.44. The standard InChI is InChI=1S/C18H19F4NO4/c1-4-9(2)16(25)27-17(26)10-11(19)12(20)13(21)14(22)15(10)23(3)18(8-24)6-5-7-18/h24H,2,4-8H2,1,3H3. The number of esters is 2. The quantitative estimate of drug-likeness (QED) is 0.202. The number of likely N-dealkylation sites (N-methyl/N-ethyl adjacent to an activating group) is 1. The van der Waals surface area contributed by atoms with E-state index in [2.05, 4.69) is 11.3 Å². The Hall–Kier alpha value is -2.42. The molecule has 9 heteroatoms. The van der Waals surface area contributed by atoms with Gasteiger partial charge >= 0.3 is 11.9 Å². The predicted octanol–water partition coefficient (Wildman–Crippen LogP) is 3.24. The van der Waals surface area contributed by atoms with Crippen molar-refractivity contribution in [1.82, 2.24) is 0 Å². The number of carbonyl (C=O) groups excluding carboxylic acids is 2. The van der Waals surface area contributed by atoms with Gasteiger partial charge in [-0.05, 0) is 25.7 Å². The van der Waals surface area contributed by atoms with Gasteiger partial charge in [-0.3, -0.25) is 0 Å². The van der Waals surface area contributed by atoms with E-state index in [-0.39, 0.29) is 12.0 Å². The van der Waals surface area contributed by atoms with Crippen LogP contribution in [0.5, 0.6) is 0 Å². The highest BCUT2D eigenvalue weighted by Crippen LogP contribution is 2.42. The molecule has 0 atom stereocenters. The summed E-state index contributed by atoms with van der Waals surface area (Å²) in [6.45, 7) is 4.42. The highest BCUT2D eigenvalue weighted by molar-refractivity contribution is 6.05. The molecule has 148 valence electrons. The number of hydrogen-bond acceptors (Lipinski definition) is 5. The first-order valence-electron chi connectivity index (χ1n) is 8.26. The van der Waals surface area contributed by atoms with Crippen molar-refractivity contribution in [2.75, 3.05) is 18.6 Å². The fourth-order valence-corrected chi connectivity index (χ4v) is 2.89. The zero-order valence-corrected chi connectivity index (χ0v) is 14.9. The van der Waals surface area contributed by atoms with E-state index in [4.69, 9.17) is 0 Å². The second-order valence-corrected chi connectivity index (χ2v) is 6.41. The molecular weight excluding hydrogens is 370 g/mol. The molecule has 0 saturated heterocycles. The maximum Gasteiger partial charge on any atom is 0.351 e. The number of benzene rings is 1. The van der Waals surface area contributed by atoms with Crippen LogP contribution in [0, 0.1) is 23.3 Å². The summed E-state index contributed by atoms with van der Waals surface area (Å²) in [6.07, 6.45) is 1.51. The number of ether oxygens (including phenoxy) is 1. The molecule has 1 aromatic rings. The van der Waals surface area contributed by atoms with Crippen molar-refractivity contribution in [1.29, 1.82) is 0 Å². The van der Waals surface area contributed by atoms with Crippen molar-refractivity contribution >= 4 is 17.6 Å². The van der Waals surface area contributed by atoms with Gasteiger partial charge in [0.15, 0.2) is 23.3 Å². The van der Waals surface area contributed by atoms with Gasteiger partial charge in [0.05, 0.1) is 17.8 Å². The van der Waals surface area contributed by atoms with E-state index >= 15 is 0 Å². The minimum absolute atomic E-state index is 0.118. The number of anilines is 1. The lowest BCUT2D eigenvalue weighted by molar-refractivity contribution is -0.133. The van der Waals surface area contributed by atoms with E-state index in [0.29, 0.717) is 19.3 Å². The Morgan fingerprint density at radius 1 is 1.15 bits per heavy atom. The van der Waals surface area contributed by atoms with E-state index in [9.17, 15) is 32.3 Å². The Morgan fingerprint density at radius 2 is 1.70 bits per heavy atom. The SMILES string of the molecule is C=C(CC)C(=O)OC(=O)c1c(F)c(F)c(F)c(F)c1N(C)C1(CO)CCC1. The fraction of sp³-hybridized carbons (Fsp3) is 0.444. The average Bonchev–Trinajstić information content (AvgIpc) is 2.61. The Bertz CT molecular complexity index is 800. The highest BCUT2D eigenvalue weighted by atomic mass is 19.2. The van der Waals surface area contributed by atoms with Crippen LogP contribution < -0.4 is 4.90 Å². The second kappa shape index (κ2) is 7.67. The summed E-state index contributed by atoms with van der Waals surface area (Å²) >= 11 is 0. The van der Waals surface area contributed by atoms with E-state index in [1.807, 2.05) is 0 Å². The number of nitrogens with zero attached hydrogens (tertiary/aromatic N) is 1. The third kappa shape index (κ3) is 3.43. The molecule has 0 amide bonds. The van der Waals surface area contributed by atoms with Gasteiger partial charge in [-0.15, -0.1) is 0 Å². The molecule has 5 nitrogen and oxygen atoms in total. The van der Waals surface area contributed by atoms with Gasteiger partial charge in [0.1, 0.15) is 5.56 Å². The maximum absolute atomic E-state index is 14.5. The van der Waals surface area contributed by atoms with Gasteiger partial charge in [0.25, 0.3) is 0 Å². The summed E-state index contributed by atoms with van der Waals surface area (Å²) in [7, 11) is 1.22. The summed E-state index contributed by atoms with van der Waals surface area (Å²) in [6, 6.07) is 0. The molecule has 0 bridgehead atoms. The van der Waals surface area contributed by atoms with Crippen molar-refractivity contribution in [2.45, 2.75) is 38.1 Å². The van der Waals surface area contributed by atoms with Crippen LogP contribution in [0.3, 0.4) is 0 Å². The molecule has 0 unspecified atom stereocenters. The largest absolute Gasteiger partial charge is 0.394 e. The molecule has 1 saturated carbocycles. The predicted molar refractivity (Wildman–Crippen MR) is 88.2 cm³/mol. The number of rotatable bonds is 6. The third-order valence-electron chi connectivity index (χ3n) is 4.97. The Labute approximate surface area is 153 Å². The minimum Gasteiger partial charge on any atom is -0.394 e. The molecule has 1 aliphatic carbocycles. The third-order valence-corrected chi connectivity index (χ3v) is 4.97. The summed E-state index contributed by atoms with van der Waals surface area (Å²) < 4.78 is 60.8. The number of hydrogen-bond donors (Lipinski definition) is 1. The molecule has 0 spiro atoms. The minimum atomic E-state index is -2.20. The fourth-order valence-electron chi connectivity index (χ4n) is 2.89. The molecule has 1 N–H and O–H groups in total. The molecule has 0 radical (unpaired) electrons. The monoisotopic (exact) mass is 389 g/mol. The normalized spacial score (nSPS) is 15.1. The molecule has 27 heavy (non-hydrogen) atoms. The summed E-state index contributed by atoms with van der Waals surface area (Å²) in [5.74, 6) is -11.0. The maximum atomic E-state index is 14.5. The average molecular weight is 389 g/mol. The number of aliphatic hydroxyl groups is 1. The number of carbonyl (C=O) groups is 2. The molecule has 1 aromatic carbocycles. The molecular formula is C18H19F4NO4. The lowest BCUT2D eigenvalue weighted by Gasteiger charge is -2.49. The summed E-state index contributed by atoms with van der Waals surface area (Å²) in [4.78, 5) is 25.0. The van der Waals surface area contributed by atoms with Gasteiger partial charge in [-0.2, -0.15) is 0 Å². The van der Waals surface area contributed by atoms with Gasteiger partial charge < -0.3 is 14.7 Å². The van der Waals surface area contributed by atoms with Crippen LogP contribution in [0.25, 0.3) is 0 Å². The van der Waals surface area contributed by atoms with Gasteiger partial charge in [0.2, 0.25) is 0 Å². The first kappa shape index (κ1) is 20.9. The van der Waals surface area contributed by atoms with Crippen LogP contribution in [-0.2, 0) is 9.53 Å². The van der Waals surface area contributed by atoms with Crippen molar-refractivity contribution < 1.29 is 37.0 Å². The molecule has 1 fully saturated rings. The summed E-state index contributed by atoms with van der Waals surface area (Å²) in [5.41, 5.74) is -3.36. The van der Waals surface area contributed by atoms with Crippen LogP contribution in [0.1, 0.15) is 43.0 Å². The van der Waals surface area contributed by atoms with Crippen LogP contribution >= 0.6 is 0 Å². The molecule has 0 aliphatic heterocycles. The van der Waals surface area contributed by atoms with E-state index in [1.54, 1.807) is 6.92 Å². The first-order valence-corrected chi connectivity index (χ1v) is 8.26. The van der Waals surface area contributed by atoms with Crippen molar-refractivity contribution in [3.05, 3.63) is 41.0 Å². The lowest BCUT2D eigenvalue weighted by atomic mass is 9.75. The van der Waals surface area contributed by atoms with Gasteiger partial charge in [-0.1, -0.05) is 13.5 Å². The molecule has 1 aliphatic rings. The summed E-state index contributed by atoms with van der Waals surface area (Å²) in [5, 5.41) is 9.62. The molecule has 0 heterocycles. The van der Waals surface area contributed by atoms with Crippen molar-refractivity contribution in [3.8, 4) is 0 Å².